The van der Waals surface area contributed by atoms with Crippen molar-refractivity contribution in [3.63, 3.8) is 0 Å². The molecule has 0 amide bonds. The third-order valence-electron chi connectivity index (χ3n) is 3.36. The van der Waals surface area contributed by atoms with E-state index in [0.717, 1.165) is 0 Å². The van der Waals surface area contributed by atoms with Crippen LogP contribution in [0.5, 0.6) is 0 Å². The Morgan fingerprint density at radius 3 is 2.95 bits per heavy atom. The predicted molar refractivity (Wildman–Crippen MR) is 61.7 cm³/mol. The predicted octanol–water partition coefficient (Wildman–Crippen LogP) is 2.08. The molecule has 0 saturated carbocycles. The summed E-state index contributed by atoms with van der Waals surface area (Å²) in [6.45, 7) is 1.58. The molecule has 108 valence electrons. The molecular formula is C12H17F3N2O2. The third-order valence-corrected chi connectivity index (χ3v) is 3.36. The maximum Gasteiger partial charge on any atom is 0.392 e. The molecule has 0 bridgehead atoms. The highest BCUT2D eigenvalue weighted by atomic mass is 19.4. The van der Waals surface area contributed by atoms with Gasteiger partial charge >= 0.3 is 6.18 Å². The number of fused-ring (bicyclic) bond motifs is 1. The van der Waals surface area contributed by atoms with Crippen LogP contribution in [0.1, 0.15) is 23.4 Å². The fraction of sp³-hybridized carbons (Fsp3) is 0.750. The molecule has 0 spiro atoms. The topological polar surface area (TPSA) is 47.3 Å². The summed E-state index contributed by atoms with van der Waals surface area (Å²) in [5.74, 6) is -0.679. The first-order valence-corrected chi connectivity index (χ1v) is 6.25. The molecule has 1 N–H and O–H groups in total. The van der Waals surface area contributed by atoms with Gasteiger partial charge in [-0.1, -0.05) is 5.16 Å². The highest BCUT2D eigenvalue weighted by Crippen LogP contribution is 2.38. The standard InChI is InChI=1S/C12H17F3N2O2/c1-18-5-4-16-7-10-9-6-8(12(13,14)15)2-3-11(9)19-17-10/h8,16H,2-7H2,1H3. The Bertz CT molecular complexity index is 418. The number of hydrogen-bond donors (Lipinski definition) is 1. The van der Waals surface area contributed by atoms with E-state index in [2.05, 4.69) is 10.5 Å². The van der Waals surface area contributed by atoms with Gasteiger partial charge in [-0.2, -0.15) is 13.2 Å². The molecule has 1 unspecified atom stereocenters. The van der Waals surface area contributed by atoms with E-state index in [9.17, 15) is 13.2 Å². The average Bonchev–Trinajstić information content (AvgIpc) is 2.76. The fourth-order valence-corrected chi connectivity index (χ4v) is 2.26. The molecule has 4 nitrogen and oxygen atoms in total. The van der Waals surface area contributed by atoms with Crippen LogP contribution in [0.4, 0.5) is 13.2 Å². The first-order chi connectivity index (χ1) is 9.02. The van der Waals surface area contributed by atoms with Crippen molar-refractivity contribution in [3.05, 3.63) is 17.0 Å². The van der Waals surface area contributed by atoms with E-state index in [1.807, 2.05) is 0 Å². The van der Waals surface area contributed by atoms with Crippen LogP contribution in [0.3, 0.4) is 0 Å². The summed E-state index contributed by atoms with van der Waals surface area (Å²) in [5, 5.41) is 6.93. The number of ether oxygens (including phenoxy) is 1. The highest BCUT2D eigenvalue weighted by molar-refractivity contribution is 5.26. The number of nitrogens with one attached hydrogen (secondary N) is 1. The number of nitrogens with zero attached hydrogens (tertiary/aromatic N) is 1. The molecular weight excluding hydrogens is 261 g/mol. The van der Waals surface area contributed by atoms with Gasteiger partial charge in [0, 0.05) is 32.2 Å². The number of alkyl halides is 3. The molecule has 1 aromatic rings. The van der Waals surface area contributed by atoms with Crippen LogP contribution < -0.4 is 5.32 Å². The molecule has 0 radical (unpaired) electrons. The van der Waals surface area contributed by atoms with Crippen molar-refractivity contribution >= 4 is 0 Å². The maximum absolute atomic E-state index is 12.7. The lowest BCUT2D eigenvalue weighted by Gasteiger charge is -2.23. The summed E-state index contributed by atoms with van der Waals surface area (Å²) in [7, 11) is 1.59. The minimum absolute atomic E-state index is 0.0242. The van der Waals surface area contributed by atoms with Crippen molar-refractivity contribution < 1.29 is 22.4 Å². The van der Waals surface area contributed by atoms with E-state index in [-0.39, 0.29) is 12.8 Å². The summed E-state index contributed by atoms with van der Waals surface area (Å²) < 4.78 is 48.2. The van der Waals surface area contributed by atoms with Gasteiger partial charge in [0.2, 0.25) is 0 Å². The second-order valence-electron chi connectivity index (χ2n) is 4.68. The zero-order valence-electron chi connectivity index (χ0n) is 10.7. The van der Waals surface area contributed by atoms with Gasteiger partial charge in [-0.3, -0.25) is 0 Å². The first-order valence-electron chi connectivity index (χ1n) is 6.25. The van der Waals surface area contributed by atoms with Gasteiger partial charge in [0.1, 0.15) is 11.5 Å². The molecule has 0 aromatic carbocycles. The Morgan fingerprint density at radius 1 is 1.47 bits per heavy atom. The highest BCUT2D eigenvalue weighted by Gasteiger charge is 2.42. The van der Waals surface area contributed by atoms with Crippen LogP contribution in [-0.4, -0.2) is 31.6 Å². The van der Waals surface area contributed by atoms with E-state index >= 15 is 0 Å². The van der Waals surface area contributed by atoms with Crippen molar-refractivity contribution in [2.75, 3.05) is 20.3 Å². The van der Waals surface area contributed by atoms with Crippen molar-refractivity contribution in [2.45, 2.75) is 32.0 Å². The Labute approximate surface area is 109 Å². The van der Waals surface area contributed by atoms with Gasteiger partial charge in [-0.25, -0.2) is 0 Å². The molecule has 1 atom stereocenters. The monoisotopic (exact) mass is 278 g/mol. The Balaban J connectivity index is 1.99. The Hall–Kier alpha value is -1.08. The quantitative estimate of drug-likeness (QED) is 0.838. The largest absolute Gasteiger partial charge is 0.392 e. The van der Waals surface area contributed by atoms with Crippen LogP contribution in [0.2, 0.25) is 0 Å². The number of rotatable bonds is 5. The molecule has 0 fully saturated rings. The minimum atomic E-state index is -4.14. The van der Waals surface area contributed by atoms with Gasteiger partial charge in [0.25, 0.3) is 0 Å². The number of halogens is 3. The minimum Gasteiger partial charge on any atom is -0.383 e. The summed E-state index contributed by atoms with van der Waals surface area (Å²) >= 11 is 0. The summed E-state index contributed by atoms with van der Waals surface area (Å²) in [5.41, 5.74) is 1.21. The molecule has 0 aliphatic heterocycles. The maximum atomic E-state index is 12.7. The van der Waals surface area contributed by atoms with Crippen molar-refractivity contribution in [1.82, 2.24) is 10.5 Å². The molecule has 1 aliphatic rings. The van der Waals surface area contributed by atoms with Crippen molar-refractivity contribution in [3.8, 4) is 0 Å². The second kappa shape index (κ2) is 5.92. The SMILES string of the molecule is COCCNCc1noc2c1CC(C(F)(F)F)CC2. The van der Waals surface area contributed by atoms with Gasteiger partial charge in [0.05, 0.1) is 12.5 Å². The molecule has 0 saturated heterocycles. The summed E-state index contributed by atoms with van der Waals surface area (Å²) in [6, 6.07) is 0. The Morgan fingerprint density at radius 2 is 2.26 bits per heavy atom. The van der Waals surface area contributed by atoms with E-state index in [1.54, 1.807) is 7.11 Å². The first kappa shape index (κ1) is 14.3. The number of aromatic nitrogens is 1. The van der Waals surface area contributed by atoms with Crippen LogP contribution in [-0.2, 0) is 24.1 Å². The molecule has 19 heavy (non-hydrogen) atoms. The molecule has 7 heteroatoms. The lowest BCUT2D eigenvalue weighted by atomic mass is 9.86. The second-order valence-corrected chi connectivity index (χ2v) is 4.68. The van der Waals surface area contributed by atoms with Crippen LogP contribution >= 0.6 is 0 Å². The van der Waals surface area contributed by atoms with Crippen LogP contribution in [0.15, 0.2) is 4.52 Å². The Kier molecular flexibility index (Phi) is 4.46. The van der Waals surface area contributed by atoms with Crippen molar-refractivity contribution in [2.24, 2.45) is 5.92 Å². The van der Waals surface area contributed by atoms with Crippen LogP contribution in [0, 0.1) is 5.92 Å². The normalized spacial score (nSPS) is 19.5. The molecule has 1 aliphatic carbocycles. The number of hydrogen-bond acceptors (Lipinski definition) is 4. The van der Waals surface area contributed by atoms with Crippen LogP contribution in [0.25, 0.3) is 0 Å². The summed E-state index contributed by atoms with van der Waals surface area (Å²) in [6.07, 6.45) is -3.77. The lowest BCUT2D eigenvalue weighted by Crippen LogP contribution is -2.29. The zero-order valence-corrected chi connectivity index (χ0v) is 10.7. The van der Waals surface area contributed by atoms with E-state index < -0.39 is 12.1 Å². The lowest BCUT2D eigenvalue weighted by molar-refractivity contribution is -0.177. The number of methoxy groups -OCH3 is 1. The van der Waals surface area contributed by atoms with Crippen molar-refractivity contribution in [1.29, 1.82) is 0 Å². The third kappa shape index (κ3) is 3.48. The van der Waals surface area contributed by atoms with E-state index in [1.165, 1.54) is 0 Å². The zero-order chi connectivity index (χ0) is 13.9. The molecule has 1 heterocycles. The van der Waals surface area contributed by atoms with Gasteiger partial charge in [-0.05, 0) is 12.8 Å². The smallest absolute Gasteiger partial charge is 0.383 e. The molecule has 2 rings (SSSR count). The average molecular weight is 278 g/mol. The van der Waals surface area contributed by atoms with Gasteiger partial charge < -0.3 is 14.6 Å². The van der Waals surface area contributed by atoms with Gasteiger partial charge in [0.15, 0.2) is 0 Å². The van der Waals surface area contributed by atoms with E-state index in [0.29, 0.717) is 43.1 Å². The molecule has 1 aromatic heterocycles. The van der Waals surface area contributed by atoms with Gasteiger partial charge in [-0.15, -0.1) is 0 Å². The summed E-state index contributed by atoms with van der Waals surface area (Å²) in [4.78, 5) is 0. The van der Waals surface area contributed by atoms with E-state index in [4.69, 9.17) is 9.26 Å². The number of aryl methyl sites for hydroxylation is 1. The fourth-order valence-electron chi connectivity index (χ4n) is 2.26.